The minimum absolute atomic E-state index is 0.0585. The van der Waals surface area contributed by atoms with E-state index in [1.54, 1.807) is 12.1 Å². The normalized spacial score (nSPS) is 35.1. The number of halogens is 2. The zero-order chi connectivity index (χ0) is 14.5. The topological polar surface area (TPSA) is 40.1 Å². The van der Waals surface area contributed by atoms with Crippen LogP contribution in [0.25, 0.3) is 0 Å². The maximum atomic E-state index is 14.9. The van der Waals surface area contributed by atoms with Crippen LogP contribution in [0.1, 0.15) is 24.0 Å². The smallest absolute Gasteiger partial charge is 0.162 e. The number of carbonyl (C=O) groups excluding carboxylic acids is 1. The van der Waals surface area contributed by atoms with E-state index in [2.05, 4.69) is 0 Å². The van der Waals surface area contributed by atoms with Gasteiger partial charge in [0.1, 0.15) is 5.83 Å². The molecule has 0 aromatic heterocycles. The fourth-order valence-corrected chi connectivity index (χ4v) is 3.72. The summed E-state index contributed by atoms with van der Waals surface area (Å²) in [6, 6.07) is 7.28. The first-order chi connectivity index (χ1) is 9.39. The number of carboxylic acid groups (broad SMARTS) is 1. The molecular formula is C16H15F2O2-. The molecule has 0 saturated heterocycles. The molecule has 2 aliphatic carbocycles. The number of fused-ring (bicyclic) bond motifs is 2. The summed E-state index contributed by atoms with van der Waals surface area (Å²) in [6.45, 7) is 1.86. The minimum atomic E-state index is -2.61. The lowest BCUT2D eigenvalue weighted by Crippen LogP contribution is -2.55. The Kier molecular flexibility index (Phi) is 2.75. The Morgan fingerprint density at radius 1 is 1.40 bits per heavy atom. The maximum absolute atomic E-state index is 14.9. The number of allylic oxidation sites excluding steroid dienone is 2. The average Bonchev–Trinajstić information content (AvgIpc) is 2.83. The molecule has 1 fully saturated rings. The van der Waals surface area contributed by atoms with Crippen LogP contribution in [0.2, 0.25) is 0 Å². The predicted octanol–water partition coefficient (Wildman–Crippen LogP) is 2.26. The van der Waals surface area contributed by atoms with Crippen molar-refractivity contribution in [2.45, 2.75) is 31.9 Å². The van der Waals surface area contributed by atoms with Crippen LogP contribution in [0.5, 0.6) is 0 Å². The molecule has 4 heteroatoms. The number of alkyl halides is 1. The van der Waals surface area contributed by atoms with E-state index in [0.717, 1.165) is 11.1 Å². The monoisotopic (exact) mass is 277 g/mol. The second-order valence-corrected chi connectivity index (χ2v) is 5.96. The molecule has 3 atom stereocenters. The molecule has 0 amide bonds. The third kappa shape index (κ3) is 1.57. The van der Waals surface area contributed by atoms with Crippen molar-refractivity contribution in [1.29, 1.82) is 0 Å². The number of benzene rings is 1. The van der Waals surface area contributed by atoms with Crippen LogP contribution in [0.15, 0.2) is 36.2 Å². The largest absolute Gasteiger partial charge is 0.547 e. The van der Waals surface area contributed by atoms with E-state index >= 15 is 0 Å². The minimum Gasteiger partial charge on any atom is -0.547 e. The molecule has 106 valence electrons. The van der Waals surface area contributed by atoms with Gasteiger partial charge in [-0.2, -0.15) is 0 Å². The highest BCUT2D eigenvalue weighted by Crippen LogP contribution is 2.63. The molecule has 2 aliphatic rings. The van der Waals surface area contributed by atoms with Gasteiger partial charge in [0.25, 0.3) is 0 Å². The zero-order valence-electron chi connectivity index (χ0n) is 11.2. The van der Waals surface area contributed by atoms with Gasteiger partial charge in [0.15, 0.2) is 5.67 Å². The average molecular weight is 277 g/mol. The summed E-state index contributed by atoms with van der Waals surface area (Å²) in [6.07, 6.45) is 1.45. The van der Waals surface area contributed by atoms with Crippen molar-refractivity contribution in [2.75, 3.05) is 0 Å². The fraction of sp³-hybridized carbons (Fsp3) is 0.438. The highest BCUT2D eigenvalue weighted by atomic mass is 19.2. The number of hydrogen-bond donors (Lipinski definition) is 0. The van der Waals surface area contributed by atoms with Crippen molar-refractivity contribution >= 4 is 5.97 Å². The van der Waals surface area contributed by atoms with Gasteiger partial charge < -0.3 is 9.90 Å². The molecular weight excluding hydrogens is 262 g/mol. The van der Waals surface area contributed by atoms with E-state index in [1.807, 2.05) is 19.1 Å². The molecule has 0 radical (unpaired) electrons. The molecule has 3 unspecified atom stereocenters. The summed E-state index contributed by atoms with van der Waals surface area (Å²) >= 11 is 0. The lowest BCUT2D eigenvalue weighted by atomic mass is 9.70. The maximum Gasteiger partial charge on any atom is 0.162 e. The van der Waals surface area contributed by atoms with Crippen LogP contribution in [0, 0.1) is 18.3 Å². The predicted molar refractivity (Wildman–Crippen MR) is 68.1 cm³/mol. The van der Waals surface area contributed by atoms with E-state index < -0.39 is 22.9 Å². The first kappa shape index (κ1) is 13.3. The summed E-state index contributed by atoms with van der Waals surface area (Å²) < 4.78 is 29.2. The quantitative estimate of drug-likeness (QED) is 0.850. The number of rotatable bonds is 3. The number of hydrogen-bond acceptors (Lipinski definition) is 2. The summed E-state index contributed by atoms with van der Waals surface area (Å²) in [5, 5.41) is 11.3. The van der Waals surface area contributed by atoms with Gasteiger partial charge >= 0.3 is 0 Å². The van der Waals surface area contributed by atoms with Gasteiger partial charge in [0, 0.05) is 0 Å². The Balaban J connectivity index is 2.07. The molecule has 0 aliphatic heterocycles. The van der Waals surface area contributed by atoms with E-state index in [1.165, 1.54) is 6.08 Å². The Morgan fingerprint density at radius 2 is 2.10 bits per heavy atom. The lowest BCUT2D eigenvalue weighted by molar-refractivity contribution is -0.324. The molecule has 0 N–H and O–H groups in total. The van der Waals surface area contributed by atoms with Gasteiger partial charge in [-0.15, -0.1) is 0 Å². The molecule has 0 heterocycles. The number of carbonyl (C=O) groups is 1. The van der Waals surface area contributed by atoms with Crippen LogP contribution in [-0.4, -0.2) is 11.6 Å². The van der Waals surface area contributed by atoms with Crippen molar-refractivity contribution < 1.29 is 18.7 Å². The third-order valence-corrected chi connectivity index (χ3v) is 4.83. The highest BCUT2D eigenvalue weighted by molar-refractivity contribution is 5.79. The number of carboxylic acids is 1. The molecule has 3 rings (SSSR count). The molecule has 0 spiro atoms. The van der Waals surface area contributed by atoms with E-state index in [0.29, 0.717) is 0 Å². The Morgan fingerprint density at radius 3 is 2.70 bits per heavy atom. The van der Waals surface area contributed by atoms with Crippen LogP contribution < -0.4 is 5.11 Å². The second-order valence-electron chi connectivity index (χ2n) is 5.96. The second kappa shape index (κ2) is 4.14. The van der Waals surface area contributed by atoms with Crippen LogP contribution >= 0.6 is 0 Å². The van der Waals surface area contributed by atoms with Gasteiger partial charge in [-0.05, 0) is 49.3 Å². The Bertz CT molecular complexity index is 610. The van der Waals surface area contributed by atoms with Crippen molar-refractivity contribution in [2.24, 2.45) is 11.3 Å². The van der Waals surface area contributed by atoms with Crippen LogP contribution in [0.4, 0.5) is 8.78 Å². The molecule has 2 nitrogen and oxygen atoms in total. The summed E-state index contributed by atoms with van der Waals surface area (Å²) in [7, 11) is 0. The van der Waals surface area contributed by atoms with Crippen molar-refractivity contribution in [1.82, 2.24) is 0 Å². The first-order valence-corrected chi connectivity index (χ1v) is 6.72. The SMILES string of the molecule is Cc1ccccc1CC12CC(C=C1F)CC2(F)C(=O)[O-]. The van der Waals surface area contributed by atoms with E-state index in [9.17, 15) is 18.7 Å². The van der Waals surface area contributed by atoms with Gasteiger partial charge in [-0.1, -0.05) is 24.3 Å². The molecule has 1 saturated carbocycles. The summed E-state index contributed by atoms with van der Waals surface area (Å²) in [4.78, 5) is 11.3. The fourth-order valence-electron chi connectivity index (χ4n) is 3.72. The summed E-state index contributed by atoms with van der Waals surface area (Å²) in [5.74, 6) is -2.78. The third-order valence-electron chi connectivity index (χ3n) is 4.83. The molecule has 1 aromatic rings. The number of aryl methyl sites for hydroxylation is 1. The van der Waals surface area contributed by atoms with Crippen molar-refractivity contribution in [3.8, 4) is 0 Å². The van der Waals surface area contributed by atoms with Gasteiger partial charge in [0.05, 0.1) is 11.4 Å². The van der Waals surface area contributed by atoms with E-state index in [4.69, 9.17) is 0 Å². The van der Waals surface area contributed by atoms with Gasteiger partial charge in [0.2, 0.25) is 0 Å². The highest BCUT2D eigenvalue weighted by Gasteiger charge is 2.65. The lowest BCUT2D eigenvalue weighted by Gasteiger charge is -2.40. The number of aliphatic carboxylic acids is 1. The van der Waals surface area contributed by atoms with Crippen molar-refractivity contribution in [3.63, 3.8) is 0 Å². The van der Waals surface area contributed by atoms with Crippen molar-refractivity contribution in [3.05, 3.63) is 47.3 Å². The molecule has 1 aromatic carbocycles. The summed E-state index contributed by atoms with van der Waals surface area (Å²) in [5.41, 5.74) is -2.52. The first-order valence-electron chi connectivity index (χ1n) is 6.72. The van der Waals surface area contributed by atoms with Crippen LogP contribution in [-0.2, 0) is 11.2 Å². The van der Waals surface area contributed by atoms with E-state index in [-0.39, 0.29) is 25.2 Å². The molecule has 20 heavy (non-hydrogen) atoms. The Labute approximate surface area is 116 Å². The van der Waals surface area contributed by atoms with Gasteiger partial charge in [-0.25, -0.2) is 8.78 Å². The van der Waals surface area contributed by atoms with Crippen LogP contribution in [0.3, 0.4) is 0 Å². The standard InChI is InChI=1S/C16H16F2O2/c1-10-4-2-3-5-12(10)9-15-7-11(6-13(15)17)8-16(15,18)14(19)20/h2-6,11H,7-9H2,1H3,(H,19,20)/p-1. The molecule has 2 bridgehead atoms. The zero-order valence-corrected chi connectivity index (χ0v) is 11.2. The van der Waals surface area contributed by atoms with Gasteiger partial charge in [-0.3, -0.25) is 0 Å². The Hall–Kier alpha value is -1.71.